The average Bonchev–Trinajstić information content (AvgIpc) is 2.66. The SMILES string of the molecule is COC(=O)CC[C@@H]1Oc2ccc(Br)cc2N(S(=O)(=O)c2cccc(C)c2)C1=O. The fourth-order valence-corrected chi connectivity index (χ4v) is 4.77. The zero-order valence-electron chi connectivity index (χ0n) is 15.2. The van der Waals surface area contributed by atoms with Crippen LogP contribution >= 0.6 is 15.9 Å². The highest BCUT2D eigenvalue weighted by atomic mass is 79.9. The Balaban J connectivity index is 2.08. The number of sulfonamides is 1. The molecule has 0 fully saturated rings. The number of carbonyl (C=O) groups excluding carboxylic acids is 2. The maximum absolute atomic E-state index is 13.3. The Labute approximate surface area is 171 Å². The van der Waals surface area contributed by atoms with Crippen molar-refractivity contribution in [1.82, 2.24) is 0 Å². The normalized spacial score (nSPS) is 16.3. The number of hydrogen-bond acceptors (Lipinski definition) is 6. The molecule has 2 aromatic carbocycles. The van der Waals surface area contributed by atoms with Gasteiger partial charge in [0.2, 0.25) is 0 Å². The summed E-state index contributed by atoms with van der Waals surface area (Å²) in [5.41, 5.74) is 0.869. The number of anilines is 1. The van der Waals surface area contributed by atoms with Crippen LogP contribution in [0.15, 0.2) is 51.8 Å². The van der Waals surface area contributed by atoms with Gasteiger partial charge in [0.15, 0.2) is 6.10 Å². The lowest BCUT2D eigenvalue weighted by atomic mass is 10.1. The molecule has 1 heterocycles. The molecule has 1 amide bonds. The van der Waals surface area contributed by atoms with Gasteiger partial charge in [-0.3, -0.25) is 9.59 Å². The topological polar surface area (TPSA) is 90.0 Å². The first-order chi connectivity index (χ1) is 13.2. The predicted octanol–water partition coefficient (Wildman–Crippen LogP) is 3.19. The van der Waals surface area contributed by atoms with Crippen molar-refractivity contribution in [2.24, 2.45) is 0 Å². The first-order valence-corrected chi connectivity index (χ1v) is 10.7. The molecule has 7 nitrogen and oxygen atoms in total. The minimum Gasteiger partial charge on any atom is -0.478 e. The molecule has 1 atom stereocenters. The van der Waals surface area contributed by atoms with E-state index < -0.39 is 28.0 Å². The van der Waals surface area contributed by atoms with Crippen LogP contribution in [0.1, 0.15) is 18.4 Å². The van der Waals surface area contributed by atoms with Gasteiger partial charge in [-0.2, -0.15) is 4.31 Å². The Hall–Kier alpha value is -2.39. The lowest BCUT2D eigenvalue weighted by Gasteiger charge is -2.33. The van der Waals surface area contributed by atoms with Gasteiger partial charge in [0.25, 0.3) is 15.9 Å². The van der Waals surface area contributed by atoms with Crippen molar-refractivity contribution in [3.8, 4) is 5.75 Å². The van der Waals surface area contributed by atoms with Crippen molar-refractivity contribution in [3.05, 3.63) is 52.5 Å². The largest absolute Gasteiger partial charge is 0.478 e. The van der Waals surface area contributed by atoms with Crippen molar-refractivity contribution < 1.29 is 27.5 Å². The smallest absolute Gasteiger partial charge is 0.305 e. The van der Waals surface area contributed by atoms with E-state index in [-0.39, 0.29) is 29.2 Å². The number of carbonyl (C=O) groups is 2. The fourth-order valence-electron chi connectivity index (χ4n) is 2.86. The van der Waals surface area contributed by atoms with Crippen LogP contribution in [0.3, 0.4) is 0 Å². The molecule has 28 heavy (non-hydrogen) atoms. The summed E-state index contributed by atoms with van der Waals surface area (Å²) in [5, 5.41) is 0. The number of amides is 1. The van der Waals surface area contributed by atoms with Crippen LogP contribution in [0.2, 0.25) is 0 Å². The number of fused-ring (bicyclic) bond motifs is 1. The minimum atomic E-state index is -4.17. The summed E-state index contributed by atoms with van der Waals surface area (Å²) < 4.78 is 38.3. The number of aryl methyl sites for hydroxylation is 1. The van der Waals surface area contributed by atoms with Gasteiger partial charge in [-0.1, -0.05) is 28.1 Å². The van der Waals surface area contributed by atoms with Crippen LogP contribution in [-0.2, 0) is 24.3 Å². The van der Waals surface area contributed by atoms with Gasteiger partial charge < -0.3 is 9.47 Å². The maximum atomic E-state index is 13.3. The molecule has 0 aromatic heterocycles. The molecule has 2 aromatic rings. The van der Waals surface area contributed by atoms with Gasteiger partial charge in [0.05, 0.1) is 12.0 Å². The van der Waals surface area contributed by atoms with Crippen LogP contribution in [0, 0.1) is 6.92 Å². The standard InChI is InChI=1S/C19H18BrNO6S/c1-12-4-3-5-14(10-12)28(24,25)21-15-11-13(20)6-7-16(15)27-17(19(21)23)8-9-18(22)26-2/h3-7,10-11,17H,8-9H2,1-2H3/t17-/m0/s1. The first kappa shape index (κ1) is 20.3. The number of methoxy groups -OCH3 is 1. The summed E-state index contributed by atoms with van der Waals surface area (Å²) in [5.74, 6) is -1.02. The summed E-state index contributed by atoms with van der Waals surface area (Å²) >= 11 is 3.30. The van der Waals surface area contributed by atoms with E-state index in [1.807, 2.05) is 0 Å². The van der Waals surface area contributed by atoms with Crippen molar-refractivity contribution in [3.63, 3.8) is 0 Å². The second kappa shape index (κ2) is 7.92. The van der Waals surface area contributed by atoms with Crippen LogP contribution < -0.4 is 9.04 Å². The molecule has 9 heteroatoms. The van der Waals surface area contributed by atoms with E-state index in [2.05, 4.69) is 20.7 Å². The maximum Gasteiger partial charge on any atom is 0.305 e. The molecule has 0 bridgehead atoms. The Morgan fingerprint density at radius 3 is 2.68 bits per heavy atom. The van der Waals surface area contributed by atoms with Gasteiger partial charge in [-0.15, -0.1) is 0 Å². The summed E-state index contributed by atoms with van der Waals surface area (Å²) in [7, 11) is -2.93. The molecular weight excluding hydrogens is 450 g/mol. The molecule has 3 rings (SSSR count). The Bertz CT molecular complexity index is 1040. The third kappa shape index (κ3) is 3.90. The summed E-state index contributed by atoms with van der Waals surface area (Å²) in [6.07, 6.45) is -1.19. The van der Waals surface area contributed by atoms with E-state index in [9.17, 15) is 18.0 Å². The number of rotatable bonds is 5. The van der Waals surface area contributed by atoms with E-state index in [0.717, 1.165) is 9.87 Å². The lowest BCUT2D eigenvalue weighted by Crippen LogP contribution is -2.49. The molecule has 0 saturated carbocycles. The monoisotopic (exact) mass is 467 g/mol. The molecule has 0 radical (unpaired) electrons. The van der Waals surface area contributed by atoms with Crippen molar-refractivity contribution in [1.29, 1.82) is 0 Å². The van der Waals surface area contributed by atoms with Crippen LogP contribution in [0.25, 0.3) is 0 Å². The summed E-state index contributed by atoms with van der Waals surface area (Å²) in [4.78, 5) is 24.5. The van der Waals surface area contributed by atoms with Crippen LogP contribution in [-0.4, -0.2) is 33.5 Å². The van der Waals surface area contributed by atoms with Crippen molar-refractivity contribution >= 4 is 43.5 Å². The Morgan fingerprint density at radius 1 is 1.25 bits per heavy atom. The van der Waals surface area contributed by atoms with Crippen LogP contribution in [0.5, 0.6) is 5.75 Å². The van der Waals surface area contributed by atoms with Crippen molar-refractivity contribution in [2.45, 2.75) is 30.8 Å². The molecule has 0 unspecified atom stereocenters. The Kier molecular flexibility index (Phi) is 5.76. The van der Waals surface area contributed by atoms with Gasteiger partial charge >= 0.3 is 5.97 Å². The highest BCUT2D eigenvalue weighted by Gasteiger charge is 2.42. The van der Waals surface area contributed by atoms with Gasteiger partial charge in [0.1, 0.15) is 11.4 Å². The van der Waals surface area contributed by atoms with E-state index >= 15 is 0 Å². The predicted molar refractivity (Wildman–Crippen MR) is 106 cm³/mol. The second-order valence-electron chi connectivity index (χ2n) is 6.26. The summed E-state index contributed by atoms with van der Waals surface area (Å²) in [6, 6.07) is 11.1. The average molecular weight is 468 g/mol. The van der Waals surface area contributed by atoms with Crippen LogP contribution in [0.4, 0.5) is 5.69 Å². The zero-order chi connectivity index (χ0) is 20.5. The molecule has 0 spiro atoms. The lowest BCUT2D eigenvalue weighted by molar-refractivity contribution is -0.141. The highest BCUT2D eigenvalue weighted by Crippen LogP contribution is 2.40. The number of esters is 1. The molecule has 0 N–H and O–H groups in total. The number of hydrogen-bond donors (Lipinski definition) is 0. The number of halogens is 1. The van der Waals surface area contributed by atoms with E-state index in [4.69, 9.17) is 4.74 Å². The van der Waals surface area contributed by atoms with E-state index in [1.54, 1.807) is 31.2 Å². The zero-order valence-corrected chi connectivity index (χ0v) is 17.6. The minimum absolute atomic E-state index is 0.000364. The second-order valence-corrected chi connectivity index (χ2v) is 8.96. The van der Waals surface area contributed by atoms with E-state index in [0.29, 0.717) is 4.47 Å². The van der Waals surface area contributed by atoms with Gasteiger partial charge in [0, 0.05) is 17.3 Å². The quantitative estimate of drug-likeness (QED) is 0.627. The highest BCUT2D eigenvalue weighted by molar-refractivity contribution is 9.10. The summed E-state index contributed by atoms with van der Waals surface area (Å²) in [6.45, 7) is 1.77. The molecule has 148 valence electrons. The third-order valence-electron chi connectivity index (χ3n) is 4.25. The fraction of sp³-hybridized carbons (Fsp3) is 0.263. The molecular formula is C19H18BrNO6S. The Morgan fingerprint density at radius 2 is 2.00 bits per heavy atom. The van der Waals surface area contributed by atoms with Gasteiger partial charge in [-0.25, -0.2) is 8.42 Å². The third-order valence-corrected chi connectivity index (χ3v) is 6.45. The van der Waals surface area contributed by atoms with E-state index in [1.165, 1.54) is 25.3 Å². The molecule has 1 aliphatic rings. The first-order valence-electron chi connectivity index (χ1n) is 8.43. The number of nitrogens with zero attached hydrogens (tertiary/aromatic N) is 1. The van der Waals surface area contributed by atoms with Crippen molar-refractivity contribution in [2.75, 3.05) is 11.4 Å². The number of ether oxygens (including phenoxy) is 2. The number of benzene rings is 2. The molecule has 0 aliphatic carbocycles. The van der Waals surface area contributed by atoms with Gasteiger partial charge in [-0.05, 0) is 42.8 Å². The molecule has 0 saturated heterocycles. The molecule has 1 aliphatic heterocycles.